The van der Waals surface area contributed by atoms with Crippen molar-refractivity contribution in [2.45, 2.75) is 6.92 Å². The van der Waals surface area contributed by atoms with E-state index in [1.807, 2.05) is 13.1 Å². The Bertz CT molecular complexity index is 659. The van der Waals surface area contributed by atoms with Crippen LogP contribution in [0.1, 0.15) is 5.69 Å². The van der Waals surface area contributed by atoms with Crippen molar-refractivity contribution < 1.29 is 0 Å². The second kappa shape index (κ2) is 4.22. The lowest BCUT2D eigenvalue weighted by Crippen LogP contribution is -1.97. The third-order valence-electron chi connectivity index (χ3n) is 3.22. The normalized spacial score (nSPS) is 10.8. The van der Waals surface area contributed by atoms with Crippen molar-refractivity contribution in [2.75, 3.05) is 0 Å². The van der Waals surface area contributed by atoms with E-state index in [9.17, 15) is 0 Å². The third-order valence-corrected chi connectivity index (χ3v) is 3.22. The van der Waals surface area contributed by atoms with Gasteiger partial charge in [-0.3, -0.25) is 0 Å². The molecule has 0 bridgehead atoms. The Labute approximate surface area is 107 Å². The molecule has 0 atom stereocenters. The quantitative estimate of drug-likeness (QED) is 0.640. The highest BCUT2D eigenvalue weighted by Crippen LogP contribution is 2.26. The summed E-state index contributed by atoms with van der Waals surface area (Å²) in [5.41, 5.74) is 4.94. The van der Waals surface area contributed by atoms with Crippen LogP contribution in [0, 0.1) is 6.92 Å². The molecule has 90 valence electrons. The van der Waals surface area contributed by atoms with Crippen molar-refractivity contribution in [1.29, 1.82) is 0 Å². The standard InChI is InChI=1S/C16H16N2/c1-13-8-9-16(14-6-4-3-5-7-14)18(13)15-10-11-17(2)12-15/h3-12H,1-2H3. The highest BCUT2D eigenvalue weighted by molar-refractivity contribution is 5.63. The number of hydrogen-bond donors (Lipinski definition) is 0. The molecule has 2 nitrogen and oxygen atoms in total. The van der Waals surface area contributed by atoms with Gasteiger partial charge in [0.15, 0.2) is 0 Å². The maximum atomic E-state index is 2.29. The predicted molar refractivity (Wildman–Crippen MR) is 74.9 cm³/mol. The number of rotatable bonds is 2. The highest BCUT2D eigenvalue weighted by atomic mass is 15.0. The van der Waals surface area contributed by atoms with Crippen LogP contribution in [0.2, 0.25) is 0 Å². The lowest BCUT2D eigenvalue weighted by Gasteiger charge is -2.10. The van der Waals surface area contributed by atoms with Crippen LogP contribution >= 0.6 is 0 Å². The Morgan fingerprint density at radius 2 is 1.67 bits per heavy atom. The Kier molecular flexibility index (Phi) is 2.56. The van der Waals surface area contributed by atoms with E-state index in [2.05, 4.69) is 70.9 Å². The summed E-state index contributed by atoms with van der Waals surface area (Å²) >= 11 is 0. The molecule has 0 radical (unpaired) electrons. The fourth-order valence-electron chi connectivity index (χ4n) is 2.34. The minimum Gasteiger partial charge on any atom is -0.355 e. The average molecular weight is 236 g/mol. The van der Waals surface area contributed by atoms with Crippen molar-refractivity contribution >= 4 is 0 Å². The van der Waals surface area contributed by atoms with Crippen LogP contribution in [-0.2, 0) is 7.05 Å². The summed E-state index contributed by atoms with van der Waals surface area (Å²) in [5.74, 6) is 0. The van der Waals surface area contributed by atoms with Crippen LogP contribution in [0.25, 0.3) is 16.9 Å². The molecule has 1 aromatic carbocycles. The van der Waals surface area contributed by atoms with Gasteiger partial charge in [-0.15, -0.1) is 0 Å². The van der Waals surface area contributed by atoms with Gasteiger partial charge < -0.3 is 9.13 Å². The van der Waals surface area contributed by atoms with Crippen LogP contribution < -0.4 is 0 Å². The van der Waals surface area contributed by atoms with Crippen molar-refractivity contribution in [3.05, 3.63) is 66.6 Å². The van der Waals surface area contributed by atoms with E-state index in [-0.39, 0.29) is 0 Å². The van der Waals surface area contributed by atoms with Gasteiger partial charge >= 0.3 is 0 Å². The SMILES string of the molecule is Cc1ccc(-c2ccccc2)n1-c1ccn(C)c1. The molecule has 3 rings (SSSR count). The Hall–Kier alpha value is -2.22. The van der Waals surface area contributed by atoms with Gasteiger partial charge in [0.25, 0.3) is 0 Å². The van der Waals surface area contributed by atoms with E-state index in [0.717, 1.165) is 0 Å². The van der Waals surface area contributed by atoms with Gasteiger partial charge in [0.1, 0.15) is 0 Å². The summed E-state index contributed by atoms with van der Waals surface area (Å²) in [5, 5.41) is 0. The molecule has 0 aliphatic carbocycles. The van der Waals surface area contributed by atoms with Crippen molar-refractivity contribution in [3.8, 4) is 16.9 Å². The molecular formula is C16H16N2. The van der Waals surface area contributed by atoms with Gasteiger partial charge in [0.2, 0.25) is 0 Å². The largest absolute Gasteiger partial charge is 0.355 e. The first-order valence-electron chi connectivity index (χ1n) is 6.12. The van der Waals surface area contributed by atoms with Gasteiger partial charge in [0.05, 0.1) is 11.4 Å². The van der Waals surface area contributed by atoms with Crippen LogP contribution in [0.4, 0.5) is 0 Å². The Balaban J connectivity index is 2.18. The molecule has 0 amide bonds. The van der Waals surface area contributed by atoms with E-state index in [0.29, 0.717) is 0 Å². The van der Waals surface area contributed by atoms with Gasteiger partial charge in [0, 0.05) is 25.1 Å². The Morgan fingerprint density at radius 3 is 2.33 bits per heavy atom. The highest BCUT2D eigenvalue weighted by Gasteiger charge is 2.09. The molecule has 2 aromatic heterocycles. The molecule has 2 heterocycles. The molecule has 18 heavy (non-hydrogen) atoms. The Morgan fingerprint density at radius 1 is 0.889 bits per heavy atom. The molecule has 0 saturated carbocycles. The molecule has 0 spiro atoms. The second-order valence-electron chi connectivity index (χ2n) is 4.60. The summed E-state index contributed by atoms with van der Waals surface area (Å²) in [6.07, 6.45) is 4.21. The molecule has 0 aliphatic rings. The van der Waals surface area contributed by atoms with E-state index in [1.165, 1.54) is 22.6 Å². The van der Waals surface area contributed by atoms with Gasteiger partial charge in [-0.05, 0) is 30.7 Å². The second-order valence-corrected chi connectivity index (χ2v) is 4.60. The van der Waals surface area contributed by atoms with Gasteiger partial charge in [-0.1, -0.05) is 30.3 Å². The smallest absolute Gasteiger partial charge is 0.0634 e. The number of nitrogens with zero attached hydrogens (tertiary/aromatic N) is 2. The van der Waals surface area contributed by atoms with Crippen molar-refractivity contribution in [3.63, 3.8) is 0 Å². The number of aromatic nitrogens is 2. The topological polar surface area (TPSA) is 9.86 Å². The molecule has 2 heteroatoms. The summed E-state index contributed by atoms with van der Waals surface area (Å²) in [4.78, 5) is 0. The molecule has 3 aromatic rings. The average Bonchev–Trinajstić information content (AvgIpc) is 2.96. The maximum absolute atomic E-state index is 2.29. The summed E-state index contributed by atoms with van der Waals surface area (Å²) in [6.45, 7) is 2.14. The van der Waals surface area contributed by atoms with Crippen LogP contribution in [0.3, 0.4) is 0 Å². The minimum atomic E-state index is 1.21. The lowest BCUT2D eigenvalue weighted by atomic mass is 10.1. The van der Waals surface area contributed by atoms with Gasteiger partial charge in [-0.25, -0.2) is 0 Å². The summed E-state index contributed by atoms with van der Waals surface area (Å²) in [6, 6.07) is 17.0. The number of hydrogen-bond acceptors (Lipinski definition) is 0. The number of aryl methyl sites for hydroxylation is 2. The number of benzene rings is 1. The third kappa shape index (κ3) is 1.76. The maximum Gasteiger partial charge on any atom is 0.0634 e. The van der Waals surface area contributed by atoms with E-state index >= 15 is 0 Å². The molecule has 0 saturated heterocycles. The first kappa shape index (κ1) is 10.9. The minimum absolute atomic E-state index is 1.21. The monoisotopic (exact) mass is 236 g/mol. The van der Waals surface area contributed by atoms with Crippen molar-refractivity contribution in [2.24, 2.45) is 7.05 Å². The van der Waals surface area contributed by atoms with E-state index < -0.39 is 0 Å². The zero-order valence-electron chi connectivity index (χ0n) is 10.7. The first-order chi connectivity index (χ1) is 8.75. The molecular weight excluding hydrogens is 220 g/mol. The first-order valence-corrected chi connectivity index (χ1v) is 6.12. The zero-order chi connectivity index (χ0) is 12.5. The van der Waals surface area contributed by atoms with Gasteiger partial charge in [-0.2, -0.15) is 0 Å². The molecule has 0 fully saturated rings. The van der Waals surface area contributed by atoms with Crippen molar-refractivity contribution in [1.82, 2.24) is 9.13 Å². The fourth-order valence-corrected chi connectivity index (χ4v) is 2.34. The summed E-state index contributed by atoms with van der Waals surface area (Å²) < 4.78 is 4.36. The van der Waals surface area contributed by atoms with Crippen LogP contribution in [-0.4, -0.2) is 9.13 Å². The van der Waals surface area contributed by atoms with E-state index in [1.54, 1.807) is 0 Å². The molecule has 0 N–H and O–H groups in total. The van der Waals surface area contributed by atoms with E-state index in [4.69, 9.17) is 0 Å². The molecule has 0 aliphatic heterocycles. The summed E-state index contributed by atoms with van der Waals surface area (Å²) in [7, 11) is 2.05. The lowest BCUT2D eigenvalue weighted by molar-refractivity contribution is 0.916. The van der Waals surface area contributed by atoms with Crippen LogP contribution in [0.5, 0.6) is 0 Å². The zero-order valence-corrected chi connectivity index (χ0v) is 10.7. The fraction of sp³-hybridized carbons (Fsp3) is 0.125. The van der Waals surface area contributed by atoms with Crippen LogP contribution in [0.15, 0.2) is 60.9 Å². The molecule has 0 unspecified atom stereocenters. The predicted octanol–water partition coefficient (Wildman–Crippen LogP) is 3.79.